The zero-order valence-corrected chi connectivity index (χ0v) is 9.00. The molecule has 0 saturated carbocycles. The first-order valence-electron chi connectivity index (χ1n) is 4.58. The van der Waals surface area contributed by atoms with E-state index in [0.29, 0.717) is 6.54 Å². The van der Waals surface area contributed by atoms with Gasteiger partial charge in [0.2, 0.25) is 0 Å². The normalized spacial score (nSPS) is 10.7. The number of methoxy groups -OCH3 is 1. The van der Waals surface area contributed by atoms with Crippen molar-refractivity contribution in [3.8, 4) is 0 Å². The highest BCUT2D eigenvalue weighted by molar-refractivity contribution is 6.13. The molecule has 0 atom stereocenters. The molecule has 0 radical (unpaired) electrons. The van der Waals surface area contributed by atoms with Gasteiger partial charge in [0, 0.05) is 26.5 Å². The summed E-state index contributed by atoms with van der Waals surface area (Å²) >= 11 is 5.35. The molecule has 5 nitrogen and oxygen atoms in total. The number of aromatic nitrogens is 3. The Balaban J connectivity index is 2.22. The van der Waals surface area contributed by atoms with Crippen LogP contribution in [-0.2, 0) is 17.8 Å². The van der Waals surface area contributed by atoms with Gasteiger partial charge >= 0.3 is 0 Å². The molecule has 14 heavy (non-hydrogen) atoms. The van der Waals surface area contributed by atoms with Crippen molar-refractivity contribution in [1.29, 1.82) is 0 Å². The van der Waals surface area contributed by atoms with Crippen LogP contribution in [0.15, 0.2) is 6.20 Å². The second-order valence-electron chi connectivity index (χ2n) is 2.98. The monoisotopic (exact) mass is 218 g/mol. The van der Waals surface area contributed by atoms with Gasteiger partial charge in [0.15, 0.2) is 0 Å². The van der Waals surface area contributed by atoms with E-state index in [0.717, 1.165) is 31.7 Å². The summed E-state index contributed by atoms with van der Waals surface area (Å²) in [7, 11) is 1.71. The lowest BCUT2D eigenvalue weighted by Gasteiger charge is -1.99. The molecule has 0 bridgehead atoms. The molecule has 1 heterocycles. The highest BCUT2D eigenvalue weighted by Gasteiger charge is 1.98. The Morgan fingerprint density at radius 3 is 3.14 bits per heavy atom. The Hall–Kier alpha value is -0.650. The Morgan fingerprint density at radius 1 is 1.57 bits per heavy atom. The van der Waals surface area contributed by atoms with Crippen molar-refractivity contribution in [2.24, 2.45) is 0 Å². The Morgan fingerprint density at radius 2 is 2.43 bits per heavy atom. The molecule has 1 N–H and O–H groups in total. The Bertz CT molecular complexity index is 253. The van der Waals surface area contributed by atoms with E-state index >= 15 is 0 Å². The summed E-state index contributed by atoms with van der Waals surface area (Å²) in [4.78, 5) is 2.51. The fourth-order valence-corrected chi connectivity index (χ4v) is 1.25. The molecule has 0 spiro atoms. The van der Waals surface area contributed by atoms with Crippen LogP contribution in [0.5, 0.6) is 0 Å². The average Bonchev–Trinajstić information content (AvgIpc) is 2.61. The first-order chi connectivity index (χ1) is 6.86. The predicted octanol–water partition coefficient (Wildman–Crippen LogP) is 0.948. The largest absolute Gasteiger partial charge is 0.385 e. The number of unbranched alkanes of at least 4 members (excludes halogenated alkanes) is 1. The van der Waals surface area contributed by atoms with Gasteiger partial charge in [-0.3, -0.25) is 4.68 Å². The van der Waals surface area contributed by atoms with Gasteiger partial charge in [0.1, 0.15) is 0 Å². The minimum absolute atomic E-state index is 0.541. The van der Waals surface area contributed by atoms with Crippen LogP contribution >= 0.6 is 11.8 Å². The van der Waals surface area contributed by atoms with Crippen LogP contribution in [0.3, 0.4) is 0 Å². The molecule has 0 aliphatic rings. The van der Waals surface area contributed by atoms with Crippen LogP contribution in [0.4, 0.5) is 0 Å². The topological polar surface area (TPSA) is 52.0 Å². The molecule has 0 amide bonds. The Labute approximate surface area is 88.5 Å². The lowest BCUT2D eigenvalue weighted by molar-refractivity contribution is 0.191. The molecule has 1 aromatic heterocycles. The zero-order valence-electron chi connectivity index (χ0n) is 8.24. The van der Waals surface area contributed by atoms with Gasteiger partial charge in [-0.2, -0.15) is 0 Å². The SMILES string of the molecule is COCCCCn1cc(CNCl)nn1. The van der Waals surface area contributed by atoms with E-state index in [1.54, 1.807) is 7.11 Å². The van der Waals surface area contributed by atoms with Crippen LogP contribution in [0.2, 0.25) is 0 Å². The number of nitrogens with one attached hydrogen (secondary N) is 1. The van der Waals surface area contributed by atoms with Gasteiger partial charge in [-0.05, 0) is 24.6 Å². The summed E-state index contributed by atoms with van der Waals surface area (Å²) in [6.45, 7) is 2.21. The summed E-state index contributed by atoms with van der Waals surface area (Å²) in [6, 6.07) is 0. The van der Waals surface area contributed by atoms with Crippen LogP contribution < -0.4 is 4.84 Å². The standard InChI is InChI=1S/C8H15ClN4O/c1-14-5-3-2-4-13-7-8(6-10-9)11-12-13/h7,10H,2-6H2,1H3. The molecule has 0 fully saturated rings. The molecule has 0 aliphatic heterocycles. The second kappa shape index (κ2) is 6.75. The van der Waals surface area contributed by atoms with Crippen molar-refractivity contribution >= 4 is 11.8 Å². The fraction of sp³-hybridized carbons (Fsp3) is 0.750. The smallest absolute Gasteiger partial charge is 0.0978 e. The first kappa shape index (κ1) is 11.4. The highest BCUT2D eigenvalue weighted by Crippen LogP contribution is 1.97. The number of halogens is 1. The summed E-state index contributed by atoms with van der Waals surface area (Å²) < 4.78 is 6.77. The first-order valence-corrected chi connectivity index (χ1v) is 4.96. The summed E-state index contributed by atoms with van der Waals surface area (Å²) in [5.74, 6) is 0. The molecule has 1 rings (SSSR count). The van der Waals surface area contributed by atoms with E-state index in [-0.39, 0.29) is 0 Å². The van der Waals surface area contributed by atoms with Crippen LogP contribution in [0.1, 0.15) is 18.5 Å². The second-order valence-corrected chi connectivity index (χ2v) is 3.25. The van der Waals surface area contributed by atoms with E-state index in [2.05, 4.69) is 15.1 Å². The maximum absolute atomic E-state index is 5.35. The predicted molar refractivity (Wildman–Crippen MR) is 53.8 cm³/mol. The molecular weight excluding hydrogens is 204 g/mol. The third-order valence-corrected chi connectivity index (χ3v) is 1.95. The molecule has 0 saturated heterocycles. The molecule has 0 aliphatic carbocycles. The van der Waals surface area contributed by atoms with Crippen molar-refractivity contribution in [3.63, 3.8) is 0 Å². The fourth-order valence-electron chi connectivity index (χ4n) is 1.12. The van der Waals surface area contributed by atoms with Crippen molar-refractivity contribution in [2.45, 2.75) is 25.9 Å². The van der Waals surface area contributed by atoms with Gasteiger partial charge in [-0.25, -0.2) is 4.84 Å². The van der Waals surface area contributed by atoms with Crippen molar-refractivity contribution in [1.82, 2.24) is 19.8 Å². The molecule has 1 aromatic rings. The average molecular weight is 219 g/mol. The van der Waals surface area contributed by atoms with Crippen LogP contribution in [-0.4, -0.2) is 28.7 Å². The van der Waals surface area contributed by atoms with Gasteiger partial charge < -0.3 is 4.74 Å². The van der Waals surface area contributed by atoms with Gasteiger partial charge in [-0.1, -0.05) is 5.21 Å². The number of nitrogens with zero attached hydrogens (tertiary/aromatic N) is 3. The maximum Gasteiger partial charge on any atom is 0.0978 e. The highest BCUT2D eigenvalue weighted by atomic mass is 35.5. The molecular formula is C8H15ClN4O. The van der Waals surface area contributed by atoms with E-state index in [1.165, 1.54) is 0 Å². The van der Waals surface area contributed by atoms with Crippen molar-refractivity contribution in [3.05, 3.63) is 11.9 Å². The lowest BCUT2D eigenvalue weighted by atomic mass is 10.3. The number of aryl methyl sites for hydroxylation is 1. The lowest BCUT2D eigenvalue weighted by Crippen LogP contribution is -2.00. The summed E-state index contributed by atoms with van der Waals surface area (Å²) in [5, 5.41) is 7.90. The summed E-state index contributed by atoms with van der Waals surface area (Å²) in [5.41, 5.74) is 0.853. The van der Waals surface area contributed by atoms with Gasteiger partial charge in [0.05, 0.1) is 12.2 Å². The molecule has 80 valence electrons. The number of rotatable bonds is 7. The minimum atomic E-state index is 0.541. The van der Waals surface area contributed by atoms with E-state index < -0.39 is 0 Å². The van der Waals surface area contributed by atoms with E-state index in [4.69, 9.17) is 16.5 Å². The molecule has 0 unspecified atom stereocenters. The van der Waals surface area contributed by atoms with Gasteiger partial charge in [-0.15, -0.1) is 5.10 Å². The van der Waals surface area contributed by atoms with Gasteiger partial charge in [0.25, 0.3) is 0 Å². The summed E-state index contributed by atoms with van der Waals surface area (Å²) in [6.07, 6.45) is 3.98. The van der Waals surface area contributed by atoms with Crippen LogP contribution in [0, 0.1) is 0 Å². The van der Waals surface area contributed by atoms with E-state index in [1.807, 2.05) is 10.9 Å². The maximum atomic E-state index is 5.35. The zero-order chi connectivity index (χ0) is 10.2. The number of ether oxygens (including phenoxy) is 1. The number of hydrogen-bond donors (Lipinski definition) is 1. The Kier molecular flexibility index (Phi) is 5.51. The molecule has 6 heteroatoms. The quantitative estimate of drug-likeness (QED) is 0.547. The van der Waals surface area contributed by atoms with Crippen molar-refractivity contribution < 1.29 is 4.74 Å². The molecule has 0 aromatic carbocycles. The number of hydrogen-bond acceptors (Lipinski definition) is 4. The third-order valence-electron chi connectivity index (χ3n) is 1.82. The van der Waals surface area contributed by atoms with Crippen molar-refractivity contribution in [2.75, 3.05) is 13.7 Å². The third kappa shape index (κ3) is 4.04. The minimum Gasteiger partial charge on any atom is -0.385 e. The van der Waals surface area contributed by atoms with E-state index in [9.17, 15) is 0 Å². The van der Waals surface area contributed by atoms with Crippen LogP contribution in [0.25, 0.3) is 0 Å².